The molecule has 1 aromatic carbocycles. The molecule has 282 valence electrons. The Morgan fingerprint density at radius 3 is 1.70 bits per heavy atom. The molecule has 1 aromatic heterocycles. The number of hydrogen-bond donors (Lipinski definition) is 10. The van der Waals surface area contributed by atoms with E-state index in [1.54, 1.807) is 0 Å². The van der Waals surface area contributed by atoms with Crippen LogP contribution in [-0.4, -0.2) is 113 Å². The first-order chi connectivity index (χ1) is 23.1. The third kappa shape index (κ3) is 10.7. The van der Waals surface area contributed by atoms with Crippen molar-refractivity contribution in [1.82, 2.24) is 9.97 Å². The highest BCUT2D eigenvalue weighted by Crippen LogP contribution is 2.71. The number of rotatable bonds is 16. The maximum Gasteiger partial charge on any atom is 0.490 e. The molecule has 0 aliphatic carbocycles. The van der Waals surface area contributed by atoms with E-state index in [4.69, 9.17) is 18.9 Å². The summed E-state index contributed by atoms with van der Waals surface area (Å²) in [5.74, 6) is 0.628. The Balaban J connectivity index is 1.27. The Hall–Kier alpha value is -2.18. The molecule has 29 heteroatoms. The van der Waals surface area contributed by atoms with Crippen LogP contribution in [0.3, 0.4) is 0 Å². The highest BCUT2D eigenvalue weighted by atomic mass is 31.3. The molecule has 2 aliphatic heterocycles. The average molecular weight is 802 g/mol. The lowest BCUT2D eigenvalue weighted by atomic mass is 10.0. The Morgan fingerprint density at radius 2 is 1.18 bits per heavy atom. The molecule has 2 saturated heterocycles. The van der Waals surface area contributed by atoms with Gasteiger partial charge in [0.15, 0.2) is 0 Å². The summed E-state index contributed by atoms with van der Waals surface area (Å²) in [6, 6.07) is 5.88. The molecule has 2 fully saturated rings. The number of H-pyrrole nitrogens is 2. The fraction of sp³-hybridized carbons (Fsp3) is 0.524. The SMILES string of the molecule is COc1ccc(OC2O[C@H](COP(=O)(O)OP(=O)(O)OP(=O)(O)OP(=O)(O)OC[C@H]3O[C@@H](c4c[nH]c(=O)[nH]c4=O)[C@H](O)[C@@H]3O)[C@@H](O)[C@H]2O)cc1. The van der Waals surface area contributed by atoms with E-state index in [0.29, 0.717) is 5.75 Å². The van der Waals surface area contributed by atoms with Crippen LogP contribution < -0.4 is 20.7 Å². The van der Waals surface area contributed by atoms with Gasteiger partial charge in [-0.25, -0.2) is 23.1 Å². The van der Waals surface area contributed by atoms with Gasteiger partial charge in [-0.1, -0.05) is 0 Å². The van der Waals surface area contributed by atoms with Crippen molar-refractivity contribution in [2.45, 2.75) is 49.0 Å². The van der Waals surface area contributed by atoms with Gasteiger partial charge in [-0.3, -0.25) is 18.8 Å². The van der Waals surface area contributed by atoms with Crippen LogP contribution in [0.25, 0.3) is 0 Å². The smallest absolute Gasteiger partial charge is 0.490 e. The van der Waals surface area contributed by atoms with E-state index in [-0.39, 0.29) is 11.3 Å². The third-order valence-electron chi connectivity index (χ3n) is 6.57. The van der Waals surface area contributed by atoms with E-state index in [2.05, 4.69) is 27.0 Å². The van der Waals surface area contributed by atoms with E-state index < -0.39 is 105 Å². The first kappa shape index (κ1) is 40.6. The van der Waals surface area contributed by atoms with Crippen LogP contribution in [0.4, 0.5) is 0 Å². The molecule has 4 rings (SSSR count). The standard InChI is InChI=1S/C21H30N2O23P4/c1-38-9-2-4-10(5-3-9)41-20-17(27)15(25)13(43-20)8-40-48(32,33)45-50(36,37)46-49(34,35)44-47(30,31)39-7-12-14(24)16(26)18(42-12)11-6-22-21(29)23-19(11)28/h2-6,12-18,20,24-27H,7-8H2,1H3,(H,30,31)(H,32,33)(H,34,35)(H,36,37)(H2,22,23,28,29)/t12-,13-,14-,15-,16-,17-,18+,20?/m1/s1. The van der Waals surface area contributed by atoms with Gasteiger partial charge in [0.2, 0.25) is 6.29 Å². The number of ether oxygens (including phenoxy) is 4. The van der Waals surface area contributed by atoms with E-state index in [1.165, 1.54) is 31.4 Å². The molecule has 3 heterocycles. The zero-order valence-corrected chi connectivity index (χ0v) is 28.5. The summed E-state index contributed by atoms with van der Waals surface area (Å²) in [7, 11) is -22.5. The molecule has 50 heavy (non-hydrogen) atoms. The molecule has 10 N–H and O–H groups in total. The molecule has 0 amide bonds. The highest BCUT2D eigenvalue weighted by Gasteiger charge is 2.50. The van der Waals surface area contributed by atoms with Gasteiger partial charge in [-0.2, -0.15) is 12.9 Å². The molecule has 2 aromatic rings. The summed E-state index contributed by atoms with van der Waals surface area (Å²) in [5.41, 5.74) is -2.29. The topological polar surface area (TPSA) is 379 Å². The van der Waals surface area contributed by atoms with Crippen LogP contribution in [0.15, 0.2) is 40.1 Å². The lowest BCUT2D eigenvalue weighted by molar-refractivity contribution is -0.115. The number of benzene rings is 1. The number of hydrogen-bond acceptors (Lipinski definition) is 19. The van der Waals surface area contributed by atoms with Gasteiger partial charge in [0.05, 0.1) is 25.9 Å². The summed E-state index contributed by atoms with van der Waals surface area (Å²) in [6.45, 7) is -2.30. The zero-order chi connectivity index (χ0) is 37.2. The summed E-state index contributed by atoms with van der Waals surface area (Å²) in [5, 5.41) is 40.8. The van der Waals surface area contributed by atoms with Crippen LogP contribution in [-0.2, 0) is 49.7 Å². The molecule has 25 nitrogen and oxygen atoms in total. The molecule has 0 saturated carbocycles. The number of methoxy groups -OCH3 is 1. The molecule has 0 bridgehead atoms. The number of aliphatic hydroxyl groups excluding tert-OH is 4. The fourth-order valence-corrected chi connectivity index (χ4v) is 9.27. The summed E-state index contributed by atoms with van der Waals surface area (Å²) in [6.07, 6.45) is -12.8. The number of phosphoric acid groups is 4. The van der Waals surface area contributed by atoms with Gasteiger partial charge in [-0.05, 0) is 24.3 Å². The molecular formula is C21H30N2O23P4. The van der Waals surface area contributed by atoms with E-state index in [9.17, 15) is 67.8 Å². The van der Waals surface area contributed by atoms with Crippen molar-refractivity contribution in [1.29, 1.82) is 0 Å². The molecule has 0 spiro atoms. The average Bonchev–Trinajstić information content (AvgIpc) is 3.42. The van der Waals surface area contributed by atoms with Crippen molar-refractivity contribution in [2.24, 2.45) is 0 Å². The molecule has 2 aliphatic rings. The summed E-state index contributed by atoms with van der Waals surface area (Å²) >= 11 is 0. The fourth-order valence-electron chi connectivity index (χ4n) is 4.32. The normalized spacial score (nSPS) is 31.6. The number of aromatic nitrogens is 2. The lowest BCUT2D eigenvalue weighted by Crippen LogP contribution is -2.35. The zero-order valence-electron chi connectivity index (χ0n) is 24.9. The second-order valence-corrected chi connectivity index (χ2v) is 16.4. The maximum absolute atomic E-state index is 12.3. The highest BCUT2D eigenvalue weighted by molar-refractivity contribution is 7.69. The van der Waals surface area contributed by atoms with E-state index in [0.717, 1.165) is 6.20 Å². The Labute approximate surface area is 278 Å². The first-order valence-corrected chi connectivity index (χ1v) is 19.5. The first-order valence-electron chi connectivity index (χ1n) is 13.5. The number of aromatic amines is 2. The van der Waals surface area contributed by atoms with Crippen LogP contribution in [0, 0.1) is 0 Å². The predicted octanol–water partition coefficient (Wildman–Crippen LogP) is -1.76. The second kappa shape index (κ2) is 15.8. The van der Waals surface area contributed by atoms with Gasteiger partial charge in [-0.15, -0.1) is 0 Å². The maximum atomic E-state index is 12.3. The van der Waals surface area contributed by atoms with Gasteiger partial charge in [0.1, 0.15) is 54.2 Å². The number of nitrogens with one attached hydrogen (secondary N) is 2. The Kier molecular flexibility index (Phi) is 12.8. The number of aliphatic hydroxyl groups is 4. The van der Waals surface area contributed by atoms with E-state index >= 15 is 0 Å². The quantitative estimate of drug-likeness (QED) is 0.0841. The minimum Gasteiger partial charge on any atom is -0.497 e. The minimum atomic E-state index is -6.20. The van der Waals surface area contributed by atoms with Crippen LogP contribution in [0.2, 0.25) is 0 Å². The minimum absolute atomic E-state index is 0.156. The van der Waals surface area contributed by atoms with Gasteiger partial charge < -0.3 is 63.9 Å². The predicted molar refractivity (Wildman–Crippen MR) is 156 cm³/mol. The molecule has 0 radical (unpaired) electrons. The van der Waals surface area contributed by atoms with Crippen LogP contribution in [0.5, 0.6) is 11.5 Å². The Bertz CT molecular complexity index is 1800. The van der Waals surface area contributed by atoms with Crippen molar-refractivity contribution < 1.29 is 99.2 Å². The van der Waals surface area contributed by atoms with Crippen molar-refractivity contribution in [3.8, 4) is 11.5 Å². The van der Waals surface area contributed by atoms with Crippen molar-refractivity contribution in [3.63, 3.8) is 0 Å². The third-order valence-corrected chi connectivity index (χ3v) is 12.5. The van der Waals surface area contributed by atoms with Crippen LogP contribution in [0.1, 0.15) is 11.7 Å². The number of phosphoric ester groups is 2. The molecular weight excluding hydrogens is 772 g/mol. The second-order valence-electron chi connectivity index (χ2n) is 10.1. The van der Waals surface area contributed by atoms with Crippen LogP contribution >= 0.6 is 31.3 Å². The monoisotopic (exact) mass is 802 g/mol. The largest absolute Gasteiger partial charge is 0.497 e. The van der Waals surface area contributed by atoms with E-state index in [1.807, 2.05) is 4.98 Å². The summed E-state index contributed by atoms with van der Waals surface area (Å²) < 4.78 is 90.1. The van der Waals surface area contributed by atoms with Gasteiger partial charge in [0.25, 0.3) is 5.56 Å². The van der Waals surface area contributed by atoms with Gasteiger partial charge >= 0.3 is 37.0 Å². The van der Waals surface area contributed by atoms with Crippen molar-refractivity contribution >= 4 is 31.3 Å². The molecule has 5 unspecified atom stereocenters. The Morgan fingerprint density at radius 1 is 0.700 bits per heavy atom. The van der Waals surface area contributed by atoms with Gasteiger partial charge in [0, 0.05) is 6.20 Å². The summed E-state index contributed by atoms with van der Waals surface area (Å²) in [4.78, 5) is 66.3. The van der Waals surface area contributed by atoms with Crippen molar-refractivity contribution in [3.05, 3.63) is 56.9 Å². The lowest BCUT2D eigenvalue weighted by Gasteiger charge is -2.21. The van der Waals surface area contributed by atoms with Crippen molar-refractivity contribution in [2.75, 3.05) is 20.3 Å². The molecule has 12 atom stereocenters.